The first-order chi connectivity index (χ1) is 15.9. The Balaban J connectivity index is 1.80. The molecule has 0 unspecified atom stereocenters. The second kappa shape index (κ2) is 9.44. The molecule has 0 spiro atoms. The molecule has 0 saturated carbocycles. The number of benzene rings is 3. The molecule has 8 heteroatoms. The highest BCUT2D eigenvalue weighted by molar-refractivity contribution is 5.92. The molecule has 0 radical (unpaired) electrons. The maximum Gasteiger partial charge on any atom is 0.352 e. The van der Waals surface area contributed by atoms with E-state index in [1.165, 1.54) is 18.2 Å². The third-order valence-electron chi connectivity index (χ3n) is 5.15. The van der Waals surface area contributed by atoms with Gasteiger partial charge in [0.15, 0.2) is 0 Å². The van der Waals surface area contributed by atoms with Crippen molar-refractivity contribution in [2.24, 2.45) is 0 Å². The molecule has 1 atom stereocenters. The van der Waals surface area contributed by atoms with Gasteiger partial charge in [-0.05, 0) is 42.3 Å². The van der Waals surface area contributed by atoms with Crippen molar-refractivity contribution in [1.29, 1.82) is 0 Å². The maximum atomic E-state index is 13.7. The van der Waals surface area contributed by atoms with Crippen LogP contribution in [0.5, 0.6) is 0 Å². The minimum Gasteiger partial charge on any atom is -0.344 e. The van der Waals surface area contributed by atoms with Crippen molar-refractivity contribution in [3.63, 3.8) is 0 Å². The fourth-order valence-corrected chi connectivity index (χ4v) is 3.44. The Morgan fingerprint density at radius 3 is 2.30 bits per heavy atom. The highest BCUT2D eigenvalue weighted by atomic mass is 19.1. The second-order valence-corrected chi connectivity index (χ2v) is 7.51. The third kappa shape index (κ3) is 4.79. The monoisotopic (exact) mass is 444 g/mol. The largest absolute Gasteiger partial charge is 0.352 e. The normalized spacial score (nSPS) is 11.7. The van der Waals surface area contributed by atoms with Crippen molar-refractivity contribution in [2.45, 2.75) is 19.5 Å². The number of hydrogen-bond donors (Lipinski definition) is 1. The van der Waals surface area contributed by atoms with Crippen LogP contribution in [-0.2, 0) is 6.54 Å². The molecule has 166 valence electrons. The molecule has 33 heavy (non-hydrogen) atoms. The van der Waals surface area contributed by atoms with Gasteiger partial charge in [-0.25, -0.2) is 9.18 Å². The molecule has 4 rings (SSSR count). The van der Waals surface area contributed by atoms with E-state index in [0.717, 1.165) is 14.8 Å². The van der Waals surface area contributed by atoms with Crippen LogP contribution in [0.4, 0.5) is 4.39 Å². The van der Waals surface area contributed by atoms with Crippen LogP contribution in [0, 0.1) is 5.82 Å². The van der Waals surface area contributed by atoms with E-state index in [2.05, 4.69) is 10.4 Å². The summed E-state index contributed by atoms with van der Waals surface area (Å²) in [6.07, 6.45) is 0. The van der Waals surface area contributed by atoms with Gasteiger partial charge in [0.25, 0.3) is 11.5 Å². The van der Waals surface area contributed by atoms with Gasteiger partial charge in [0.05, 0.1) is 18.3 Å². The summed E-state index contributed by atoms with van der Waals surface area (Å²) < 4.78 is 15.6. The number of carbonyl (C=O) groups is 1. The molecule has 1 amide bonds. The standard InChI is InChI=1S/C25H21FN4O3/c1-17(19-10-4-2-5-11-19)27-23(31)22-24(32)29(16-18-9-8-12-20(26)15-18)25(33)30(28-22)21-13-6-3-7-14-21/h2-15,17H,16H2,1H3,(H,27,31)/t17-/m1/s1. The highest BCUT2D eigenvalue weighted by Gasteiger charge is 2.22. The molecule has 0 saturated heterocycles. The predicted molar refractivity (Wildman–Crippen MR) is 122 cm³/mol. The van der Waals surface area contributed by atoms with Crippen LogP contribution in [0.1, 0.15) is 34.6 Å². The molecule has 0 bridgehead atoms. The van der Waals surface area contributed by atoms with Gasteiger partial charge in [-0.2, -0.15) is 9.78 Å². The van der Waals surface area contributed by atoms with Crippen LogP contribution >= 0.6 is 0 Å². The molecule has 1 heterocycles. The van der Waals surface area contributed by atoms with Gasteiger partial charge in [0.2, 0.25) is 5.69 Å². The van der Waals surface area contributed by atoms with Gasteiger partial charge in [-0.15, -0.1) is 0 Å². The Kier molecular flexibility index (Phi) is 6.26. The molecule has 7 nitrogen and oxygen atoms in total. The molecule has 0 aliphatic heterocycles. The van der Waals surface area contributed by atoms with Crippen LogP contribution in [0.2, 0.25) is 0 Å². The minimum absolute atomic E-state index is 0.209. The van der Waals surface area contributed by atoms with E-state index >= 15 is 0 Å². The Morgan fingerprint density at radius 2 is 1.64 bits per heavy atom. The number of amides is 1. The summed E-state index contributed by atoms with van der Waals surface area (Å²) in [5.74, 6) is -1.21. The van der Waals surface area contributed by atoms with Gasteiger partial charge >= 0.3 is 5.69 Å². The molecule has 3 aromatic carbocycles. The van der Waals surface area contributed by atoms with Gasteiger partial charge in [0.1, 0.15) is 5.82 Å². The van der Waals surface area contributed by atoms with E-state index < -0.39 is 34.7 Å². The van der Waals surface area contributed by atoms with E-state index in [1.807, 2.05) is 30.3 Å². The highest BCUT2D eigenvalue weighted by Crippen LogP contribution is 2.12. The summed E-state index contributed by atoms with van der Waals surface area (Å²) in [5, 5.41) is 6.85. The lowest BCUT2D eigenvalue weighted by Crippen LogP contribution is -2.46. The van der Waals surface area contributed by atoms with Gasteiger partial charge in [-0.1, -0.05) is 60.7 Å². The fraction of sp³-hybridized carbons (Fsp3) is 0.120. The predicted octanol–water partition coefficient (Wildman–Crippen LogP) is 3.07. The van der Waals surface area contributed by atoms with Crippen molar-refractivity contribution >= 4 is 5.91 Å². The molecule has 0 aliphatic rings. The Hall–Kier alpha value is -4.33. The lowest BCUT2D eigenvalue weighted by molar-refractivity contribution is 0.0930. The van der Waals surface area contributed by atoms with Crippen LogP contribution in [0.15, 0.2) is 94.5 Å². The maximum absolute atomic E-state index is 13.7. The Labute approximate surface area is 188 Å². The van der Waals surface area contributed by atoms with Crippen LogP contribution in [0.3, 0.4) is 0 Å². The van der Waals surface area contributed by atoms with Crippen molar-refractivity contribution in [3.05, 3.63) is 128 Å². The average molecular weight is 444 g/mol. The third-order valence-corrected chi connectivity index (χ3v) is 5.15. The number of aromatic nitrogens is 3. The molecule has 0 aliphatic carbocycles. The second-order valence-electron chi connectivity index (χ2n) is 7.51. The summed E-state index contributed by atoms with van der Waals surface area (Å²) in [6, 6.07) is 22.9. The zero-order chi connectivity index (χ0) is 23.4. The lowest BCUT2D eigenvalue weighted by Gasteiger charge is -2.15. The zero-order valence-corrected chi connectivity index (χ0v) is 17.8. The molecule has 1 aromatic heterocycles. The van der Waals surface area contributed by atoms with Gasteiger partial charge < -0.3 is 5.32 Å². The Morgan fingerprint density at radius 1 is 0.970 bits per heavy atom. The topological polar surface area (TPSA) is 86.0 Å². The van der Waals surface area contributed by atoms with Crippen molar-refractivity contribution in [1.82, 2.24) is 19.7 Å². The van der Waals surface area contributed by atoms with E-state index in [9.17, 15) is 18.8 Å². The number of nitrogens with one attached hydrogen (secondary N) is 1. The SMILES string of the molecule is C[C@@H](NC(=O)c1nn(-c2ccccc2)c(=O)n(Cc2cccc(F)c2)c1=O)c1ccccc1. The van der Waals surface area contributed by atoms with Gasteiger partial charge in [0, 0.05) is 0 Å². The smallest absolute Gasteiger partial charge is 0.344 e. The fourth-order valence-electron chi connectivity index (χ4n) is 3.44. The minimum atomic E-state index is -0.853. The molecular weight excluding hydrogens is 423 g/mol. The quantitative estimate of drug-likeness (QED) is 0.495. The number of halogens is 1. The first kappa shape index (κ1) is 21.9. The summed E-state index contributed by atoms with van der Waals surface area (Å²) >= 11 is 0. The first-order valence-corrected chi connectivity index (χ1v) is 10.3. The first-order valence-electron chi connectivity index (χ1n) is 10.3. The number of nitrogens with zero attached hydrogens (tertiary/aromatic N) is 3. The number of carbonyl (C=O) groups excluding carboxylic acids is 1. The zero-order valence-electron chi connectivity index (χ0n) is 17.8. The van der Waals surface area contributed by atoms with Crippen LogP contribution < -0.4 is 16.6 Å². The number of para-hydroxylation sites is 1. The molecule has 4 aromatic rings. The summed E-state index contributed by atoms with van der Waals surface area (Å²) in [4.78, 5) is 39.3. The average Bonchev–Trinajstić information content (AvgIpc) is 2.83. The summed E-state index contributed by atoms with van der Waals surface area (Å²) in [7, 11) is 0. The molecular formula is C25H21FN4O3. The molecule has 0 fully saturated rings. The molecule has 1 N–H and O–H groups in total. The van der Waals surface area contributed by atoms with Crippen LogP contribution in [0.25, 0.3) is 5.69 Å². The van der Waals surface area contributed by atoms with E-state index in [0.29, 0.717) is 11.3 Å². The van der Waals surface area contributed by atoms with E-state index in [4.69, 9.17) is 0 Å². The van der Waals surface area contributed by atoms with Crippen molar-refractivity contribution < 1.29 is 9.18 Å². The van der Waals surface area contributed by atoms with Crippen LogP contribution in [-0.4, -0.2) is 20.3 Å². The van der Waals surface area contributed by atoms with E-state index in [1.54, 1.807) is 43.3 Å². The van der Waals surface area contributed by atoms with E-state index in [-0.39, 0.29) is 6.54 Å². The van der Waals surface area contributed by atoms with Crippen molar-refractivity contribution in [3.8, 4) is 5.69 Å². The summed E-state index contributed by atoms with van der Waals surface area (Å²) in [5.41, 5.74) is -0.373. The Bertz CT molecular complexity index is 1400. The van der Waals surface area contributed by atoms with Gasteiger partial charge in [-0.3, -0.25) is 14.2 Å². The number of hydrogen-bond acceptors (Lipinski definition) is 4. The lowest BCUT2D eigenvalue weighted by atomic mass is 10.1. The number of rotatable bonds is 6. The van der Waals surface area contributed by atoms with Crippen molar-refractivity contribution in [2.75, 3.05) is 0 Å². The summed E-state index contributed by atoms with van der Waals surface area (Å²) in [6.45, 7) is 1.57.